The van der Waals surface area contributed by atoms with Crippen LogP contribution in [0, 0.1) is 0 Å². The summed E-state index contributed by atoms with van der Waals surface area (Å²) in [6.45, 7) is 3.92. The van der Waals surface area contributed by atoms with Gasteiger partial charge in [0.05, 0.1) is 18.7 Å². The summed E-state index contributed by atoms with van der Waals surface area (Å²) < 4.78 is 38.2. The number of alkyl halides is 3. The Kier molecular flexibility index (Phi) is 7.20. The van der Waals surface area contributed by atoms with Crippen molar-refractivity contribution in [2.24, 2.45) is 0 Å². The molecule has 1 aromatic rings. The topological polar surface area (TPSA) is 72.9 Å². The maximum atomic E-state index is 12.7. The Morgan fingerprint density at radius 3 is 2.52 bits per heavy atom. The molecule has 6 nitrogen and oxygen atoms in total. The van der Waals surface area contributed by atoms with E-state index in [-0.39, 0.29) is 30.7 Å². The number of aliphatic carboxylic acids is 1. The van der Waals surface area contributed by atoms with Crippen molar-refractivity contribution < 1.29 is 27.9 Å². The third-order valence-corrected chi connectivity index (χ3v) is 4.66. The molecule has 0 atom stereocenters. The molecule has 2 N–H and O–H groups in total. The van der Waals surface area contributed by atoms with Gasteiger partial charge in [0.2, 0.25) is 5.91 Å². The Morgan fingerprint density at radius 2 is 1.96 bits per heavy atom. The van der Waals surface area contributed by atoms with Crippen LogP contribution < -0.4 is 5.32 Å². The molecule has 0 saturated carbocycles. The van der Waals surface area contributed by atoms with Gasteiger partial charge in [-0.25, -0.2) is 0 Å². The third kappa shape index (κ3) is 6.51. The molecule has 0 aromatic heterocycles. The van der Waals surface area contributed by atoms with E-state index in [1.54, 1.807) is 0 Å². The van der Waals surface area contributed by atoms with E-state index in [1.807, 2.05) is 16.7 Å². The van der Waals surface area contributed by atoms with Crippen molar-refractivity contribution in [2.75, 3.05) is 38.0 Å². The molecule has 27 heavy (non-hydrogen) atoms. The zero-order valence-electron chi connectivity index (χ0n) is 15.1. The number of nitrogens with zero attached hydrogens (tertiary/aromatic N) is 2. The van der Waals surface area contributed by atoms with E-state index < -0.39 is 17.7 Å². The highest BCUT2D eigenvalue weighted by Crippen LogP contribution is 2.30. The van der Waals surface area contributed by atoms with Crippen LogP contribution in [0.4, 0.5) is 18.9 Å². The first-order chi connectivity index (χ1) is 12.7. The molecule has 1 aliphatic rings. The summed E-state index contributed by atoms with van der Waals surface area (Å²) in [6.07, 6.45) is -2.96. The van der Waals surface area contributed by atoms with Crippen molar-refractivity contribution in [1.82, 2.24) is 9.80 Å². The predicted molar refractivity (Wildman–Crippen MR) is 94.4 cm³/mol. The average molecular weight is 387 g/mol. The fourth-order valence-corrected chi connectivity index (χ4v) is 3.29. The van der Waals surface area contributed by atoms with Gasteiger partial charge in [-0.2, -0.15) is 13.2 Å². The number of rotatable bonds is 7. The molecule has 9 heteroatoms. The van der Waals surface area contributed by atoms with Crippen molar-refractivity contribution in [3.05, 3.63) is 29.8 Å². The Hall–Kier alpha value is -2.13. The number of carboxylic acid groups (broad SMARTS) is 1. The lowest BCUT2D eigenvalue weighted by Crippen LogP contribution is -2.48. The van der Waals surface area contributed by atoms with Crippen LogP contribution >= 0.6 is 0 Å². The highest BCUT2D eigenvalue weighted by molar-refractivity contribution is 5.92. The molecule has 0 unspecified atom stereocenters. The lowest BCUT2D eigenvalue weighted by molar-refractivity contribution is -0.139. The molecular weight excluding hydrogens is 363 g/mol. The van der Waals surface area contributed by atoms with Crippen LogP contribution in [0.2, 0.25) is 0 Å². The first kappa shape index (κ1) is 21.2. The predicted octanol–water partition coefficient (Wildman–Crippen LogP) is 2.51. The summed E-state index contributed by atoms with van der Waals surface area (Å²) in [7, 11) is 0. The maximum absolute atomic E-state index is 12.7. The van der Waals surface area contributed by atoms with E-state index in [4.69, 9.17) is 5.11 Å². The van der Waals surface area contributed by atoms with Crippen molar-refractivity contribution in [3.8, 4) is 0 Å². The van der Waals surface area contributed by atoms with Crippen LogP contribution in [0.15, 0.2) is 24.3 Å². The molecule has 0 radical (unpaired) electrons. The van der Waals surface area contributed by atoms with Gasteiger partial charge >= 0.3 is 12.1 Å². The first-order valence-electron chi connectivity index (χ1n) is 8.84. The highest BCUT2D eigenvalue weighted by atomic mass is 19.4. The smallest absolute Gasteiger partial charge is 0.416 e. The zero-order valence-corrected chi connectivity index (χ0v) is 15.1. The molecular formula is C18H24F3N3O3. The van der Waals surface area contributed by atoms with Crippen molar-refractivity contribution in [3.63, 3.8) is 0 Å². The summed E-state index contributed by atoms with van der Waals surface area (Å²) in [4.78, 5) is 26.9. The Labute approximate surface area is 155 Å². The number of carbonyl (C=O) groups is 2. The molecule has 0 aliphatic carbocycles. The fraction of sp³-hybridized carbons (Fsp3) is 0.556. The molecule has 2 rings (SSSR count). The van der Waals surface area contributed by atoms with Crippen LogP contribution in [0.1, 0.15) is 25.3 Å². The summed E-state index contributed by atoms with van der Waals surface area (Å²) in [6, 6.07) is 4.70. The number of carboxylic acids is 1. The molecule has 1 amide bonds. The number of hydrogen-bond donors (Lipinski definition) is 2. The minimum atomic E-state index is -4.45. The van der Waals surface area contributed by atoms with E-state index in [9.17, 15) is 22.8 Å². The molecule has 1 saturated heterocycles. The molecule has 1 fully saturated rings. The number of hydrogen-bond acceptors (Lipinski definition) is 4. The number of anilines is 1. The quantitative estimate of drug-likeness (QED) is 0.752. The monoisotopic (exact) mass is 387 g/mol. The van der Waals surface area contributed by atoms with E-state index in [1.165, 1.54) is 12.1 Å². The van der Waals surface area contributed by atoms with Gasteiger partial charge in [0.1, 0.15) is 0 Å². The Morgan fingerprint density at radius 1 is 1.30 bits per heavy atom. The SMILES string of the molecule is CCN(CC(=O)O)C1CCN(CC(=O)Nc2cccc(C(F)(F)F)c2)CC1. The molecule has 1 heterocycles. The van der Waals surface area contributed by atoms with Crippen molar-refractivity contribution in [1.29, 1.82) is 0 Å². The molecule has 0 bridgehead atoms. The highest BCUT2D eigenvalue weighted by Gasteiger charge is 2.30. The second-order valence-electron chi connectivity index (χ2n) is 6.59. The number of benzene rings is 1. The second-order valence-corrected chi connectivity index (χ2v) is 6.59. The van der Waals surface area contributed by atoms with Gasteiger partial charge in [-0.15, -0.1) is 0 Å². The van der Waals surface area contributed by atoms with Crippen molar-refractivity contribution in [2.45, 2.75) is 32.0 Å². The second kappa shape index (κ2) is 9.18. The maximum Gasteiger partial charge on any atom is 0.416 e. The van der Waals surface area contributed by atoms with E-state index >= 15 is 0 Å². The largest absolute Gasteiger partial charge is 0.480 e. The van der Waals surface area contributed by atoms with Crippen molar-refractivity contribution >= 4 is 17.6 Å². The van der Waals surface area contributed by atoms with Crippen LogP contribution in [-0.2, 0) is 15.8 Å². The number of carbonyl (C=O) groups excluding carboxylic acids is 1. The molecule has 1 aromatic carbocycles. The molecule has 0 spiro atoms. The van der Waals surface area contributed by atoms with Gasteiger partial charge < -0.3 is 10.4 Å². The fourth-order valence-electron chi connectivity index (χ4n) is 3.29. The Bertz CT molecular complexity index is 659. The van der Waals surface area contributed by atoms with E-state index in [2.05, 4.69) is 5.32 Å². The summed E-state index contributed by atoms with van der Waals surface area (Å²) in [5.74, 6) is -1.23. The van der Waals surface area contributed by atoms with Crippen LogP contribution in [0.3, 0.4) is 0 Å². The lowest BCUT2D eigenvalue weighted by Gasteiger charge is -2.37. The van der Waals surface area contributed by atoms with Gasteiger partial charge in [0.15, 0.2) is 0 Å². The first-order valence-corrected chi connectivity index (χ1v) is 8.84. The molecule has 150 valence electrons. The number of amides is 1. The number of likely N-dealkylation sites (N-methyl/N-ethyl adjacent to an activating group) is 1. The van der Waals surface area contributed by atoms with Gasteiger partial charge in [0, 0.05) is 24.8 Å². The van der Waals surface area contributed by atoms with Gasteiger partial charge in [-0.05, 0) is 37.6 Å². The van der Waals surface area contributed by atoms with Crippen LogP contribution in [0.25, 0.3) is 0 Å². The number of halogens is 3. The lowest BCUT2D eigenvalue weighted by atomic mass is 10.0. The Balaban J connectivity index is 1.83. The number of nitrogens with one attached hydrogen (secondary N) is 1. The summed E-state index contributed by atoms with van der Waals surface area (Å²) in [5, 5.41) is 11.5. The van der Waals surface area contributed by atoms with E-state index in [0.717, 1.165) is 25.0 Å². The minimum absolute atomic E-state index is 0.00278. The molecule has 1 aliphatic heterocycles. The van der Waals surface area contributed by atoms with Gasteiger partial charge in [0.25, 0.3) is 0 Å². The summed E-state index contributed by atoms with van der Waals surface area (Å²) >= 11 is 0. The van der Waals surface area contributed by atoms with Crippen LogP contribution in [-0.4, -0.2) is 65.5 Å². The van der Waals surface area contributed by atoms with Gasteiger partial charge in [-0.1, -0.05) is 13.0 Å². The van der Waals surface area contributed by atoms with Gasteiger partial charge in [-0.3, -0.25) is 19.4 Å². The number of piperidine rings is 1. The summed E-state index contributed by atoms with van der Waals surface area (Å²) in [5.41, 5.74) is -0.692. The van der Waals surface area contributed by atoms with E-state index in [0.29, 0.717) is 19.6 Å². The normalized spacial score (nSPS) is 16.5. The number of likely N-dealkylation sites (tertiary alicyclic amines) is 1. The zero-order chi connectivity index (χ0) is 20.0. The van der Waals surface area contributed by atoms with Crippen LogP contribution in [0.5, 0.6) is 0 Å². The average Bonchev–Trinajstić information content (AvgIpc) is 2.59. The third-order valence-electron chi connectivity index (χ3n) is 4.66. The standard InChI is InChI=1S/C18H24F3N3O3/c1-2-24(12-17(26)27)15-6-8-23(9-7-15)11-16(25)22-14-5-3-4-13(10-14)18(19,20)21/h3-5,10,15H,2,6-9,11-12H2,1H3,(H,22,25)(H,26,27). The minimum Gasteiger partial charge on any atom is -0.480 e.